The number of rotatable bonds is 6. The Kier molecular flexibility index (Phi) is 4.11. The highest BCUT2D eigenvalue weighted by Gasteiger charge is 2.05. The van der Waals surface area contributed by atoms with Gasteiger partial charge in [-0.3, -0.25) is 0 Å². The first kappa shape index (κ1) is 13.1. The maximum atomic E-state index is 5.65. The highest BCUT2D eigenvalue weighted by Crippen LogP contribution is 2.13. The van der Waals surface area contributed by atoms with Crippen molar-refractivity contribution in [2.24, 2.45) is 0 Å². The van der Waals surface area contributed by atoms with Gasteiger partial charge in [0.1, 0.15) is 11.6 Å². The van der Waals surface area contributed by atoms with Crippen molar-refractivity contribution in [3.8, 4) is 0 Å². The molecule has 0 atom stereocenters. The minimum Gasteiger partial charge on any atom is -0.370 e. The smallest absolute Gasteiger partial charge is 0.245 e. The summed E-state index contributed by atoms with van der Waals surface area (Å²) in [6, 6.07) is 1.79. The molecule has 4 N–H and O–H groups in total. The normalized spacial score (nSPS) is 10.4. The number of aryl methyl sites for hydroxylation is 1. The fraction of sp³-hybridized carbons (Fsp3) is 0.455. The van der Waals surface area contributed by atoms with Gasteiger partial charge in [-0.25, -0.2) is 0 Å². The van der Waals surface area contributed by atoms with Crippen molar-refractivity contribution in [3.05, 3.63) is 17.8 Å². The minimum absolute atomic E-state index is 0.213. The summed E-state index contributed by atoms with van der Waals surface area (Å²) in [6.07, 6.45) is 1.01. The Morgan fingerprint density at radius 2 is 1.95 bits per heavy atom. The minimum atomic E-state index is 0.213. The number of hydrogen-bond acceptors (Lipinski definition) is 8. The van der Waals surface area contributed by atoms with Crippen LogP contribution in [0.2, 0.25) is 0 Å². The first-order valence-electron chi connectivity index (χ1n) is 6.09. The van der Waals surface area contributed by atoms with E-state index in [1.54, 1.807) is 13.0 Å². The molecule has 2 aromatic rings. The van der Waals surface area contributed by atoms with Crippen molar-refractivity contribution in [2.45, 2.75) is 26.8 Å². The zero-order valence-corrected chi connectivity index (χ0v) is 11.0. The average molecular weight is 263 g/mol. The molecule has 0 amide bonds. The topological polar surface area (TPSA) is 115 Å². The van der Waals surface area contributed by atoms with Gasteiger partial charge in [0.2, 0.25) is 11.8 Å². The van der Waals surface area contributed by atoms with Crippen LogP contribution in [0.5, 0.6) is 0 Å². The van der Waals surface area contributed by atoms with Crippen LogP contribution < -0.4 is 16.4 Å². The van der Waals surface area contributed by atoms with Gasteiger partial charge in [-0.1, -0.05) is 12.1 Å². The van der Waals surface area contributed by atoms with Crippen LogP contribution in [0.25, 0.3) is 0 Å². The quantitative estimate of drug-likeness (QED) is 0.711. The molecule has 0 bridgehead atoms. The van der Waals surface area contributed by atoms with Gasteiger partial charge in [-0.05, 0) is 13.3 Å². The van der Waals surface area contributed by atoms with Crippen LogP contribution in [0.4, 0.5) is 17.6 Å². The van der Waals surface area contributed by atoms with Gasteiger partial charge in [0.15, 0.2) is 5.82 Å². The number of nitrogens with zero attached hydrogens (tertiary/aromatic N) is 4. The molecule has 0 aliphatic heterocycles. The molecule has 0 aromatic carbocycles. The predicted octanol–water partition coefficient (Wildman–Crippen LogP) is 1.18. The SMILES string of the molecule is CCCNc1cc(NCc2nc(C)no2)nc(N)n1. The third-order valence-corrected chi connectivity index (χ3v) is 2.29. The molecule has 0 spiro atoms. The van der Waals surface area contributed by atoms with Crippen molar-refractivity contribution in [1.29, 1.82) is 0 Å². The number of anilines is 3. The van der Waals surface area contributed by atoms with Crippen LogP contribution in [0.3, 0.4) is 0 Å². The van der Waals surface area contributed by atoms with E-state index in [2.05, 4.69) is 37.7 Å². The van der Waals surface area contributed by atoms with E-state index in [0.29, 0.717) is 29.9 Å². The van der Waals surface area contributed by atoms with Crippen molar-refractivity contribution in [2.75, 3.05) is 22.9 Å². The Balaban J connectivity index is 2.01. The highest BCUT2D eigenvalue weighted by atomic mass is 16.5. The molecule has 2 aromatic heterocycles. The Labute approximate surface area is 110 Å². The standard InChI is InChI=1S/C11H17N7O/c1-3-4-13-8-5-9(17-11(12)16-8)14-6-10-15-7(2)18-19-10/h5H,3-4,6H2,1-2H3,(H4,12,13,14,16,17). The van der Waals surface area contributed by atoms with Gasteiger partial charge in [0.05, 0.1) is 6.54 Å². The van der Waals surface area contributed by atoms with E-state index in [9.17, 15) is 0 Å². The maximum absolute atomic E-state index is 5.65. The molecule has 0 fully saturated rings. The monoisotopic (exact) mass is 263 g/mol. The van der Waals surface area contributed by atoms with Gasteiger partial charge < -0.3 is 20.9 Å². The lowest BCUT2D eigenvalue weighted by Crippen LogP contribution is -2.08. The van der Waals surface area contributed by atoms with Gasteiger partial charge in [-0.2, -0.15) is 15.0 Å². The lowest BCUT2D eigenvalue weighted by Gasteiger charge is -2.08. The Morgan fingerprint density at radius 3 is 2.58 bits per heavy atom. The molecule has 102 valence electrons. The summed E-state index contributed by atoms with van der Waals surface area (Å²) in [5, 5.41) is 9.93. The first-order chi connectivity index (χ1) is 9.17. The Bertz CT molecular complexity index is 540. The van der Waals surface area contributed by atoms with Crippen LogP contribution in [-0.4, -0.2) is 26.7 Å². The van der Waals surface area contributed by atoms with E-state index in [-0.39, 0.29) is 5.95 Å². The summed E-state index contributed by atoms with van der Waals surface area (Å²) in [5.41, 5.74) is 5.65. The van der Waals surface area contributed by atoms with E-state index in [1.165, 1.54) is 0 Å². The van der Waals surface area contributed by atoms with Crippen LogP contribution in [0.1, 0.15) is 25.1 Å². The average Bonchev–Trinajstić information content (AvgIpc) is 2.79. The van der Waals surface area contributed by atoms with Crippen LogP contribution >= 0.6 is 0 Å². The number of nitrogens with one attached hydrogen (secondary N) is 2. The van der Waals surface area contributed by atoms with Crippen molar-refractivity contribution in [1.82, 2.24) is 20.1 Å². The van der Waals surface area contributed by atoms with Gasteiger partial charge in [0, 0.05) is 12.6 Å². The second kappa shape index (κ2) is 5.98. The first-order valence-corrected chi connectivity index (χ1v) is 6.09. The molecule has 0 saturated heterocycles. The lowest BCUT2D eigenvalue weighted by atomic mass is 10.4. The molecular formula is C11H17N7O. The van der Waals surface area contributed by atoms with Crippen molar-refractivity contribution in [3.63, 3.8) is 0 Å². The highest BCUT2D eigenvalue weighted by molar-refractivity contribution is 5.50. The number of aromatic nitrogens is 4. The number of nitrogen functional groups attached to an aromatic ring is 1. The molecule has 0 radical (unpaired) electrons. The summed E-state index contributed by atoms with van der Waals surface area (Å²) in [6.45, 7) is 5.07. The van der Waals surface area contributed by atoms with Crippen molar-refractivity contribution < 1.29 is 4.52 Å². The molecule has 8 nitrogen and oxygen atoms in total. The van der Waals surface area contributed by atoms with Crippen LogP contribution in [-0.2, 0) is 6.54 Å². The molecule has 0 unspecified atom stereocenters. The van der Waals surface area contributed by atoms with Gasteiger partial charge in [-0.15, -0.1) is 0 Å². The maximum Gasteiger partial charge on any atom is 0.245 e. The molecule has 2 heterocycles. The third kappa shape index (κ3) is 3.80. The molecule has 0 saturated carbocycles. The van der Waals surface area contributed by atoms with Gasteiger partial charge in [0.25, 0.3) is 0 Å². The van der Waals surface area contributed by atoms with Crippen LogP contribution in [0, 0.1) is 6.92 Å². The van der Waals surface area contributed by atoms with Crippen molar-refractivity contribution >= 4 is 17.6 Å². The second-order valence-corrected chi connectivity index (χ2v) is 4.01. The molecule has 0 aliphatic rings. The summed E-state index contributed by atoms with van der Waals surface area (Å²) in [7, 11) is 0. The summed E-state index contributed by atoms with van der Waals surface area (Å²) >= 11 is 0. The fourth-order valence-electron chi connectivity index (χ4n) is 1.48. The molecular weight excluding hydrogens is 246 g/mol. The molecule has 8 heteroatoms. The number of hydrogen-bond donors (Lipinski definition) is 3. The Hall–Kier alpha value is -2.38. The lowest BCUT2D eigenvalue weighted by molar-refractivity contribution is 0.379. The van der Waals surface area contributed by atoms with E-state index < -0.39 is 0 Å². The summed E-state index contributed by atoms with van der Waals surface area (Å²) in [5.74, 6) is 2.62. The van der Waals surface area contributed by atoms with E-state index in [0.717, 1.165) is 13.0 Å². The van der Waals surface area contributed by atoms with E-state index >= 15 is 0 Å². The van der Waals surface area contributed by atoms with E-state index in [4.69, 9.17) is 10.3 Å². The predicted molar refractivity (Wildman–Crippen MR) is 71.6 cm³/mol. The van der Waals surface area contributed by atoms with E-state index in [1.807, 2.05) is 0 Å². The fourth-order valence-corrected chi connectivity index (χ4v) is 1.48. The zero-order valence-electron chi connectivity index (χ0n) is 11.0. The molecule has 0 aliphatic carbocycles. The third-order valence-electron chi connectivity index (χ3n) is 2.29. The second-order valence-electron chi connectivity index (χ2n) is 4.01. The van der Waals surface area contributed by atoms with Crippen LogP contribution in [0.15, 0.2) is 10.6 Å². The number of nitrogens with two attached hydrogens (primary N) is 1. The molecule has 19 heavy (non-hydrogen) atoms. The Morgan fingerprint density at radius 1 is 1.21 bits per heavy atom. The summed E-state index contributed by atoms with van der Waals surface area (Å²) in [4.78, 5) is 12.3. The molecule has 2 rings (SSSR count). The largest absolute Gasteiger partial charge is 0.370 e. The summed E-state index contributed by atoms with van der Waals surface area (Å²) < 4.78 is 5.00. The zero-order chi connectivity index (χ0) is 13.7. The van der Waals surface area contributed by atoms with Gasteiger partial charge >= 0.3 is 0 Å².